The van der Waals surface area contributed by atoms with E-state index in [1.807, 2.05) is 0 Å². The van der Waals surface area contributed by atoms with Gasteiger partial charge in [-0.15, -0.1) is 5.10 Å². The van der Waals surface area contributed by atoms with E-state index in [2.05, 4.69) is 15.5 Å². The predicted octanol–water partition coefficient (Wildman–Crippen LogP) is 2.65. The first-order chi connectivity index (χ1) is 14.0. The van der Waals surface area contributed by atoms with Crippen LogP contribution in [0.2, 0.25) is 0 Å². The highest BCUT2D eigenvalue weighted by molar-refractivity contribution is 6.20. The molecule has 4 rings (SSSR count). The number of ether oxygens (including phenoxy) is 1. The molecule has 0 unspecified atom stereocenters. The van der Waals surface area contributed by atoms with E-state index in [4.69, 9.17) is 9.15 Å². The van der Waals surface area contributed by atoms with E-state index in [9.17, 15) is 14.4 Å². The highest BCUT2D eigenvalue weighted by atomic mass is 16.5. The van der Waals surface area contributed by atoms with Gasteiger partial charge in [-0.2, -0.15) is 0 Å². The Morgan fingerprint density at radius 2 is 1.79 bits per heavy atom. The Hall–Kier alpha value is -4.01. The van der Waals surface area contributed by atoms with Crippen molar-refractivity contribution in [1.29, 1.82) is 0 Å². The van der Waals surface area contributed by atoms with Crippen molar-refractivity contribution in [3.8, 4) is 17.2 Å². The maximum Gasteiger partial charge on any atom is 0.322 e. The molecule has 1 aromatic heterocycles. The standard InChI is InChI=1S/C20H16N4O5/c1-28-15-4-2-3-13(11-15)19-22-23-20(29-19)21-18(27)12-5-7-14(8-6-12)24-16(25)9-10-17(24)26/h2-8,11H,9-10H2,1H3,(H,21,23,27). The molecular formula is C20H16N4O5. The van der Waals surface area contributed by atoms with Gasteiger partial charge in [-0.25, -0.2) is 0 Å². The molecule has 3 aromatic rings. The highest BCUT2D eigenvalue weighted by Gasteiger charge is 2.30. The van der Waals surface area contributed by atoms with Gasteiger partial charge >= 0.3 is 6.01 Å². The molecule has 1 N–H and O–H groups in total. The summed E-state index contributed by atoms with van der Waals surface area (Å²) in [4.78, 5) is 37.1. The molecule has 0 bridgehead atoms. The fraction of sp³-hybridized carbons (Fsp3) is 0.150. The van der Waals surface area contributed by atoms with Crippen LogP contribution >= 0.6 is 0 Å². The Bertz CT molecular complexity index is 1070. The lowest BCUT2D eigenvalue weighted by molar-refractivity contribution is -0.121. The summed E-state index contributed by atoms with van der Waals surface area (Å²) in [5.41, 5.74) is 1.41. The smallest absolute Gasteiger partial charge is 0.322 e. The molecule has 2 aromatic carbocycles. The molecule has 1 saturated heterocycles. The number of methoxy groups -OCH3 is 1. The second-order valence-electron chi connectivity index (χ2n) is 6.27. The average Bonchev–Trinajstić information content (AvgIpc) is 3.34. The van der Waals surface area contributed by atoms with E-state index in [1.165, 1.54) is 12.1 Å². The Balaban J connectivity index is 1.46. The van der Waals surface area contributed by atoms with Crippen LogP contribution in [0.4, 0.5) is 11.7 Å². The summed E-state index contributed by atoms with van der Waals surface area (Å²) >= 11 is 0. The Morgan fingerprint density at radius 1 is 1.07 bits per heavy atom. The van der Waals surface area contributed by atoms with E-state index in [0.717, 1.165) is 4.90 Å². The van der Waals surface area contributed by atoms with E-state index >= 15 is 0 Å². The normalized spacial score (nSPS) is 13.6. The van der Waals surface area contributed by atoms with Gasteiger partial charge in [0.25, 0.3) is 5.91 Å². The minimum atomic E-state index is -0.462. The van der Waals surface area contributed by atoms with Gasteiger partial charge in [0, 0.05) is 24.0 Å². The van der Waals surface area contributed by atoms with Gasteiger partial charge < -0.3 is 9.15 Å². The van der Waals surface area contributed by atoms with Gasteiger partial charge in [-0.05, 0) is 42.5 Å². The zero-order valence-corrected chi connectivity index (χ0v) is 15.4. The molecule has 9 heteroatoms. The van der Waals surface area contributed by atoms with Crippen LogP contribution in [0.5, 0.6) is 5.75 Å². The molecule has 29 heavy (non-hydrogen) atoms. The van der Waals surface area contributed by atoms with Crippen molar-refractivity contribution in [2.45, 2.75) is 12.8 Å². The van der Waals surface area contributed by atoms with Gasteiger partial charge in [-0.1, -0.05) is 11.2 Å². The summed E-state index contributed by atoms with van der Waals surface area (Å²) < 4.78 is 10.6. The van der Waals surface area contributed by atoms with E-state index < -0.39 is 5.91 Å². The zero-order chi connectivity index (χ0) is 20.4. The number of aromatic nitrogens is 2. The lowest BCUT2D eigenvalue weighted by Gasteiger charge is -2.13. The maximum absolute atomic E-state index is 12.4. The number of benzene rings is 2. The maximum atomic E-state index is 12.4. The number of nitrogens with one attached hydrogen (secondary N) is 1. The Morgan fingerprint density at radius 3 is 2.48 bits per heavy atom. The van der Waals surface area contributed by atoms with Crippen LogP contribution in [0.25, 0.3) is 11.5 Å². The molecule has 0 spiro atoms. The molecule has 3 amide bonds. The van der Waals surface area contributed by atoms with Crippen LogP contribution in [0.15, 0.2) is 52.9 Å². The number of nitrogens with zero attached hydrogens (tertiary/aromatic N) is 3. The summed E-state index contributed by atoms with van der Waals surface area (Å²) in [6.07, 6.45) is 0.404. The lowest BCUT2D eigenvalue weighted by Crippen LogP contribution is -2.28. The largest absolute Gasteiger partial charge is 0.497 e. The van der Waals surface area contributed by atoms with E-state index in [1.54, 1.807) is 43.5 Å². The molecule has 2 heterocycles. The number of anilines is 2. The van der Waals surface area contributed by atoms with Crippen molar-refractivity contribution >= 4 is 29.4 Å². The van der Waals surface area contributed by atoms with Crippen LogP contribution in [0, 0.1) is 0 Å². The fourth-order valence-corrected chi connectivity index (χ4v) is 2.94. The molecule has 1 fully saturated rings. The first kappa shape index (κ1) is 18.4. The summed E-state index contributed by atoms with van der Waals surface area (Å²) in [5, 5.41) is 10.3. The Labute approximate surface area is 165 Å². The molecule has 0 atom stereocenters. The monoisotopic (exact) mass is 392 g/mol. The molecule has 9 nitrogen and oxygen atoms in total. The first-order valence-electron chi connectivity index (χ1n) is 8.80. The number of carbonyl (C=O) groups excluding carboxylic acids is 3. The van der Waals surface area contributed by atoms with Gasteiger partial charge in [-0.3, -0.25) is 24.6 Å². The van der Waals surface area contributed by atoms with Crippen LogP contribution in [0.3, 0.4) is 0 Å². The first-order valence-corrected chi connectivity index (χ1v) is 8.80. The van der Waals surface area contributed by atoms with Crippen LogP contribution in [-0.2, 0) is 9.59 Å². The topological polar surface area (TPSA) is 115 Å². The van der Waals surface area contributed by atoms with Gasteiger partial charge in [0.1, 0.15) is 5.75 Å². The minimum absolute atomic E-state index is 0.0539. The molecule has 0 saturated carbocycles. The highest BCUT2D eigenvalue weighted by Crippen LogP contribution is 2.25. The molecule has 0 radical (unpaired) electrons. The summed E-state index contributed by atoms with van der Waals surface area (Å²) in [6.45, 7) is 0. The van der Waals surface area contributed by atoms with Crippen molar-refractivity contribution in [2.75, 3.05) is 17.3 Å². The molecular weight excluding hydrogens is 376 g/mol. The van der Waals surface area contributed by atoms with Crippen molar-refractivity contribution in [3.05, 3.63) is 54.1 Å². The van der Waals surface area contributed by atoms with E-state index in [0.29, 0.717) is 22.6 Å². The van der Waals surface area contributed by atoms with Crippen molar-refractivity contribution in [2.24, 2.45) is 0 Å². The lowest BCUT2D eigenvalue weighted by atomic mass is 10.2. The molecule has 146 valence electrons. The third-order valence-corrected chi connectivity index (χ3v) is 4.40. The van der Waals surface area contributed by atoms with E-state index in [-0.39, 0.29) is 36.6 Å². The summed E-state index contributed by atoms with van der Waals surface area (Å²) in [6, 6.07) is 13.2. The summed E-state index contributed by atoms with van der Waals surface area (Å²) in [5.74, 6) is -0.0790. The van der Waals surface area contributed by atoms with Gasteiger partial charge in [0.2, 0.25) is 17.7 Å². The fourth-order valence-electron chi connectivity index (χ4n) is 2.94. The number of hydrogen-bond acceptors (Lipinski definition) is 7. The van der Waals surface area contributed by atoms with Crippen molar-refractivity contribution < 1.29 is 23.5 Å². The summed E-state index contributed by atoms with van der Waals surface area (Å²) in [7, 11) is 1.55. The quantitative estimate of drug-likeness (QED) is 0.664. The third-order valence-electron chi connectivity index (χ3n) is 4.40. The molecule has 0 aliphatic carbocycles. The van der Waals surface area contributed by atoms with Crippen molar-refractivity contribution in [1.82, 2.24) is 10.2 Å². The average molecular weight is 392 g/mol. The van der Waals surface area contributed by atoms with Crippen LogP contribution in [0.1, 0.15) is 23.2 Å². The van der Waals surface area contributed by atoms with Crippen LogP contribution < -0.4 is 15.0 Å². The number of imide groups is 1. The number of rotatable bonds is 5. The van der Waals surface area contributed by atoms with Gasteiger partial charge in [0.15, 0.2) is 0 Å². The second kappa shape index (κ2) is 7.55. The Kier molecular flexibility index (Phi) is 4.78. The number of carbonyl (C=O) groups is 3. The number of amides is 3. The van der Waals surface area contributed by atoms with Crippen molar-refractivity contribution in [3.63, 3.8) is 0 Å². The van der Waals surface area contributed by atoms with Crippen LogP contribution in [-0.4, -0.2) is 35.0 Å². The zero-order valence-electron chi connectivity index (χ0n) is 15.4. The molecule has 1 aliphatic heterocycles. The van der Waals surface area contributed by atoms with Gasteiger partial charge in [0.05, 0.1) is 12.8 Å². The minimum Gasteiger partial charge on any atom is -0.497 e. The SMILES string of the molecule is COc1cccc(-c2nnc(NC(=O)c3ccc(N4C(=O)CCC4=O)cc3)o2)c1. The number of hydrogen-bond donors (Lipinski definition) is 1. The third kappa shape index (κ3) is 3.70. The second-order valence-corrected chi connectivity index (χ2v) is 6.27. The predicted molar refractivity (Wildman–Crippen MR) is 102 cm³/mol. The molecule has 1 aliphatic rings.